The van der Waals surface area contributed by atoms with Gasteiger partial charge in [0.1, 0.15) is 0 Å². The molecule has 0 radical (unpaired) electrons. The van der Waals surface area contributed by atoms with Crippen molar-refractivity contribution in [1.29, 1.82) is 0 Å². The topological polar surface area (TPSA) is 47.7 Å². The van der Waals surface area contributed by atoms with Crippen molar-refractivity contribution in [2.24, 2.45) is 5.73 Å². The van der Waals surface area contributed by atoms with E-state index >= 15 is 0 Å². The van der Waals surface area contributed by atoms with Gasteiger partial charge in [0, 0.05) is 19.3 Å². The summed E-state index contributed by atoms with van der Waals surface area (Å²) in [5, 5.41) is 0. The van der Waals surface area contributed by atoms with Gasteiger partial charge in [-0.05, 0) is 43.7 Å². The van der Waals surface area contributed by atoms with Crippen LogP contribution in [0.25, 0.3) is 0 Å². The third-order valence-corrected chi connectivity index (χ3v) is 3.81. The summed E-state index contributed by atoms with van der Waals surface area (Å²) in [6.07, 6.45) is 0. The fourth-order valence-corrected chi connectivity index (χ4v) is 2.64. The molecule has 4 heteroatoms. The largest absolute Gasteiger partial charge is 0.490 e. The zero-order valence-electron chi connectivity index (χ0n) is 14.2. The Hall–Kier alpha value is -2.20. The Labute approximate surface area is 138 Å². The van der Waals surface area contributed by atoms with Gasteiger partial charge in [-0.2, -0.15) is 0 Å². The summed E-state index contributed by atoms with van der Waals surface area (Å²) < 4.78 is 11.4. The second-order valence-electron chi connectivity index (χ2n) is 5.27. The van der Waals surface area contributed by atoms with Gasteiger partial charge in [-0.3, -0.25) is 0 Å². The zero-order chi connectivity index (χ0) is 16.7. The van der Waals surface area contributed by atoms with E-state index in [0.717, 1.165) is 22.7 Å². The van der Waals surface area contributed by atoms with E-state index in [4.69, 9.17) is 15.2 Å². The standard InChI is InChI=1S/C19H26N2O2/c1-4-22-18-12-11-15(13-19(18)23-5-2)17(14-20)21(3)16-9-7-6-8-10-16/h6-13,17H,4-5,14,20H2,1-3H3. The second kappa shape index (κ2) is 8.44. The number of rotatable bonds is 8. The average molecular weight is 314 g/mol. The van der Waals surface area contributed by atoms with Gasteiger partial charge >= 0.3 is 0 Å². The molecule has 0 aliphatic rings. The van der Waals surface area contributed by atoms with Gasteiger partial charge in [0.05, 0.1) is 19.3 Å². The SMILES string of the molecule is CCOc1ccc(C(CN)N(C)c2ccccc2)cc1OCC. The Morgan fingerprint density at radius 1 is 0.957 bits per heavy atom. The monoisotopic (exact) mass is 314 g/mol. The molecule has 2 aromatic carbocycles. The van der Waals surface area contributed by atoms with Crippen molar-refractivity contribution in [3.63, 3.8) is 0 Å². The number of hydrogen-bond donors (Lipinski definition) is 1. The minimum atomic E-state index is 0.0762. The van der Waals surface area contributed by atoms with Gasteiger partial charge in [-0.15, -0.1) is 0 Å². The van der Waals surface area contributed by atoms with Crippen molar-refractivity contribution in [3.8, 4) is 11.5 Å². The highest BCUT2D eigenvalue weighted by Crippen LogP contribution is 2.33. The predicted molar refractivity (Wildman–Crippen MR) is 95.4 cm³/mol. The van der Waals surface area contributed by atoms with E-state index in [1.807, 2.05) is 44.2 Å². The molecule has 0 aromatic heterocycles. The molecule has 1 unspecified atom stereocenters. The van der Waals surface area contributed by atoms with Crippen LogP contribution in [0.5, 0.6) is 11.5 Å². The number of para-hydroxylation sites is 1. The molecular formula is C19H26N2O2. The lowest BCUT2D eigenvalue weighted by molar-refractivity contribution is 0.287. The molecule has 0 amide bonds. The number of nitrogens with zero attached hydrogens (tertiary/aromatic N) is 1. The van der Waals surface area contributed by atoms with Crippen LogP contribution in [0.1, 0.15) is 25.5 Å². The first-order valence-corrected chi connectivity index (χ1v) is 8.08. The normalized spacial score (nSPS) is 11.8. The molecule has 2 rings (SSSR count). The second-order valence-corrected chi connectivity index (χ2v) is 5.27. The highest BCUT2D eigenvalue weighted by molar-refractivity contribution is 5.50. The number of nitrogens with two attached hydrogens (primary N) is 1. The minimum Gasteiger partial charge on any atom is -0.490 e. The molecule has 0 saturated heterocycles. The fraction of sp³-hybridized carbons (Fsp3) is 0.368. The first-order chi connectivity index (χ1) is 11.2. The Morgan fingerprint density at radius 2 is 1.61 bits per heavy atom. The van der Waals surface area contributed by atoms with Gasteiger partial charge < -0.3 is 20.1 Å². The average Bonchev–Trinajstić information content (AvgIpc) is 2.59. The highest BCUT2D eigenvalue weighted by atomic mass is 16.5. The summed E-state index contributed by atoms with van der Waals surface area (Å²) in [6, 6.07) is 16.4. The first kappa shape index (κ1) is 17.2. The molecular weight excluding hydrogens is 288 g/mol. The summed E-state index contributed by atoms with van der Waals surface area (Å²) in [5.41, 5.74) is 8.30. The van der Waals surface area contributed by atoms with Crippen LogP contribution >= 0.6 is 0 Å². The van der Waals surface area contributed by atoms with E-state index in [9.17, 15) is 0 Å². The molecule has 0 aliphatic carbocycles. The maximum absolute atomic E-state index is 6.05. The zero-order valence-corrected chi connectivity index (χ0v) is 14.2. The van der Waals surface area contributed by atoms with Gasteiger partial charge in [-0.1, -0.05) is 24.3 Å². The van der Waals surface area contributed by atoms with Crippen molar-refractivity contribution in [1.82, 2.24) is 0 Å². The number of benzene rings is 2. The van der Waals surface area contributed by atoms with Crippen molar-refractivity contribution >= 4 is 5.69 Å². The number of hydrogen-bond acceptors (Lipinski definition) is 4. The van der Waals surface area contributed by atoms with Crippen LogP contribution in [0.2, 0.25) is 0 Å². The van der Waals surface area contributed by atoms with Crippen LogP contribution in [0.3, 0.4) is 0 Å². The fourth-order valence-electron chi connectivity index (χ4n) is 2.64. The van der Waals surface area contributed by atoms with Crippen LogP contribution in [0.15, 0.2) is 48.5 Å². The Bertz CT molecular complexity index is 602. The third-order valence-electron chi connectivity index (χ3n) is 3.81. The molecule has 1 atom stereocenters. The molecule has 0 fully saturated rings. The van der Waals surface area contributed by atoms with Crippen LogP contribution in [0, 0.1) is 0 Å². The lowest BCUT2D eigenvalue weighted by Crippen LogP contribution is -2.30. The number of likely N-dealkylation sites (N-methyl/N-ethyl adjacent to an activating group) is 1. The Kier molecular flexibility index (Phi) is 6.29. The summed E-state index contributed by atoms with van der Waals surface area (Å²) >= 11 is 0. The molecule has 2 aromatic rings. The molecule has 23 heavy (non-hydrogen) atoms. The molecule has 0 bridgehead atoms. The van der Waals surface area contributed by atoms with E-state index in [1.54, 1.807) is 0 Å². The molecule has 0 heterocycles. The summed E-state index contributed by atoms with van der Waals surface area (Å²) in [7, 11) is 2.06. The molecule has 0 saturated carbocycles. The van der Waals surface area contributed by atoms with Crippen LogP contribution in [-0.2, 0) is 0 Å². The van der Waals surface area contributed by atoms with Crippen molar-refractivity contribution in [3.05, 3.63) is 54.1 Å². The maximum atomic E-state index is 6.05. The van der Waals surface area contributed by atoms with E-state index < -0.39 is 0 Å². The maximum Gasteiger partial charge on any atom is 0.161 e. The smallest absolute Gasteiger partial charge is 0.161 e. The van der Waals surface area contributed by atoms with Crippen LogP contribution in [-0.4, -0.2) is 26.8 Å². The predicted octanol–water partition coefficient (Wildman–Crippen LogP) is 3.62. The first-order valence-electron chi connectivity index (χ1n) is 8.08. The molecule has 4 nitrogen and oxygen atoms in total. The van der Waals surface area contributed by atoms with Crippen molar-refractivity contribution < 1.29 is 9.47 Å². The van der Waals surface area contributed by atoms with E-state index in [-0.39, 0.29) is 6.04 Å². The molecule has 0 spiro atoms. The van der Waals surface area contributed by atoms with Gasteiger partial charge in [-0.25, -0.2) is 0 Å². The minimum absolute atomic E-state index is 0.0762. The third kappa shape index (κ3) is 4.17. The molecule has 124 valence electrons. The van der Waals surface area contributed by atoms with Crippen molar-refractivity contribution in [2.75, 3.05) is 31.7 Å². The van der Waals surface area contributed by atoms with Gasteiger partial charge in [0.25, 0.3) is 0 Å². The van der Waals surface area contributed by atoms with Gasteiger partial charge in [0.15, 0.2) is 11.5 Å². The van der Waals surface area contributed by atoms with Crippen molar-refractivity contribution in [2.45, 2.75) is 19.9 Å². The molecule has 0 aliphatic heterocycles. The Morgan fingerprint density at radius 3 is 2.22 bits per heavy atom. The number of anilines is 1. The lowest BCUT2D eigenvalue weighted by Gasteiger charge is -2.30. The summed E-state index contributed by atoms with van der Waals surface area (Å²) in [6.45, 7) is 5.67. The molecule has 2 N–H and O–H groups in total. The van der Waals surface area contributed by atoms with Crippen LogP contribution in [0.4, 0.5) is 5.69 Å². The van der Waals surface area contributed by atoms with E-state index in [1.165, 1.54) is 0 Å². The van der Waals surface area contributed by atoms with Crippen LogP contribution < -0.4 is 20.1 Å². The van der Waals surface area contributed by atoms with E-state index in [2.05, 4.69) is 30.1 Å². The lowest BCUT2D eigenvalue weighted by atomic mass is 10.0. The van der Waals surface area contributed by atoms with E-state index in [0.29, 0.717) is 19.8 Å². The Balaban J connectivity index is 2.31. The highest BCUT2D eigenvalue weighted by Gasteiger charge is 2.18. The quantitative estimate of drug-likeness (QED) is 0.808. The summed E-state index contributed by atoms with van der Waals surface area (Å²) in [5.74, 6) is 1.54. The van der Waals surface area contributed by atoms with Gasteiger partial charge in [0.2, 0.25) is 0 Å². The summed E-state index contributed by atoms with van der Waals surface area (Å²) in [4.78, 5) is 2.19. The number of ether oxygens (including phenoxy) is 2.